The summed E-state index contributed by atoms with van der Waals surface area (Å²) in [7, 11) is 1.71. The lowest BCUT2D eigenvalue weighted by Gasteiger charge is -2.19. The topological polar surface area (TPSA) is 39.7 Å². The molecule has 0 spiro atoms. The monoisotopic (exact) mass is 285 g/mol. The highest BCUT2D eigenvalue weighted by atomic mass is 16.6. The minimum Gasteiger partial charge on any atom is -0.486 e. The van der Waals surface area contributed by atoms with E-state index >= 15 is 0 Å². The van der Waals surface area contributed by atoms with E-state index in [-0.39, 0.29) is 0 Å². The zero-order chi connectivity index (χ0) is 14.5. The molecule has 110 valence electrons. The Balaban J connectivity index is 1.66. The van der Waals surface area contributed by atoms with Gasteiger partial charge in [-0.05, 0) is 23.3 Å². The molecule has 1 aliphatic heterocycles. The molecular formula is C17H19NO3. The molecule has 0 aliphatic carbocycles. The average molecular weight is 285 g/mol. The Morgan fingerprint density at radius 2 is 1.81 bits per heavy atom. The van der Waals surface area contributed by atoms with Crippen LogP contribution in [0.25, 0.3) is 0 Å². The fourth-order valence-electron chi connectivity index (χ4n) is 2.35. The number of benzene rings is 2. The zero-order valence-electron chi connectivity index (χ0n) is 12.1. The first-order chi connectivity index (χ1) is 10.3. The summed E-state index contributed by atoms with van der Waals surface area (Å²) in [5.41, 5.74) is 3.43. The summed E-state index contributed by atoms with van der Waals surface area (Å²) in [6.07, 6.45) is 0. The Kier molecular flexibility index (Phi) is 4.26. The van der Waals surface area contributed by atoms with Gasteiger partial charge in [0.1, 0.15) is 13.2 Å². The summed E-state index contributed by atoms with van der Waals surface area (Å²) in [5.74, 6) is 1.62. The third-order valence-corrected chi connectivity index (χ3v) is 3.34. The molecule has 4 nitrogen and oxygen atoms in total. The van der Waals surface area contributed by atoms with E-state index in [4.69, 9.17) is 14.2 Å². The van der Waals surface area contributed by atoms with E-state index in [0.717, 1.165) is 23.7 Å². The van der Waals surface area contributed by atoms with Crippen molar-refractivity contribution in [1.29, 1.82) is 0 Å². The lowest BCUT2D eigenvalue weighted by atomic mass is 10.1. The van der Waals surface area contributed by atoms with Crippen LogP contribution in [0.5, 0.6) is 11.5 Å². The van der Waals surface area contributed by atoms with Crippen molar-refractivity contribution < 1.29 is 14.2 Å². The van der Waals surface area contributed by atoms with Gasteiger partial charge in [-0.1, -0.05) is 24.3 Å². The standard InChI is InChI=1S/C17H19NO3/c1-19-12-14-4-2-3-13(9-14)11-18-15-5-6-16-17(10-15)21-8-7-20-16/h2-6,9-10,18H,7-8,11-12H2,1H3. The number of methoxy groups -OCH3 is 1. The van der Waals surface area contributed by atoms with Crippen molar-refractivity contribution >= 4 is 5.69 Å². The molecule has 0 saturated carbocycles. The smallest absolute Gasteiger partial charge is 0.163 e. The van der Waals surface area contributed by atoms with Gasteiger partial charge in [0.05, 0.1) is 6.61 Å². The minimum absolute atomic E-state index is 0.607. The predicted molar refractivity (Wildman–Crippen MR) is 81.9 cm³/mol. The van der Waals surface area contributed by atoms with Crippen molar-refractivity contribution in [2.45, 2.75) is 13.2 Å². The molecule has 0 fully saturated rings. The number of rotatable bonds is 5. The molecule has 0 saturated heterocycles. The molecule has 0 aromatic heterocycles. The van der Waals surface area contributed by atoms with Gasteiger partial charge in [0.25, 0.3) is 0 Å². The van der Waals surface area contributed by atoms with Crippen molar-refractivity contribution in [2.24, 2.45) is 0 Å². The van der Waals surface area contributed by atoms with Crippen LogP contribution in [0.4, 0.5) is 5.69 Å². The number of ether oxygens (including phenoxy) is 3. The molecule has 0 bridgehead atoms. The number of fused-ring (bicyclic) bond motifs is 1. The van der Waals surface area contributed by atoms with Crippen LogP contribution in [0.1, 0.15) is 11.1 Å². The second-order valence-corrected chi connectivity index (χ2v) is 4.96. The zero-order valence-corrected chi connectivity index (χ0v) is 12.1. The largest absolute Gasteiger partial charge is 0.486 e. The molecule has 21 heavy (non-hydrogen) atoms. The van der Waals surface area contributed by atoms with Crippen molar-refractivity contribution in [3.8, 4) is 11.5 Å². The molecular weight excluding hydrogens is 266 g/mol. The molecule has 3 rings (SSSR count). The van der Waals surface area contributed by atoms with E-state index in [2.05, 4.69) is 29.6 Å². The van der Waals surface area contributed by atoms with E-state index in [1.165, 1.54) is 11.1 Å². The summed E-state index contributed by atoms with van der Waals surface area (Å²) < 4.78 is 16.3. The third-order valence-electron chi connectivity index (χ3n) is 3.34. The number of hydrogen-bond acceptors (Lipinski definition) is 4. The van der Waals surface area contributed by atoms with E-state index < -0.39 is 0 Å². The Morgan fingerprint density at radius 1 is 1.00 bits per heavy atom. The summed E-state index contributed by atoms with van der Waals surface area (Å²) >= 11 is 0. The van der Waals surface area contributed by atoms with E-state index in [9.17, 15) is 0 Å². The van der Waals surface area contributed by atoms with Gasteiger partial charge < -0.3 is 19.5 Å². The van der Waals surface area contributed by atoms with Crippen LogP contribution < -0.4 is 14.8 Å². The van der Waals surface area contributed by atoms with Gasteiger partial charge in [-0.25, -0.2) is 0 Å². The fraction of sp³-hybridized carbons (Fsp3) is 0.294. The Bertz CT molecular complexity index is 613. The van der Waals surface area contributed by atoms with Gasteiger partial charge in [-0.15, -0.1) is 0 Å². The van der Waals surface area contributed by atoms with Gasteiger partial charge in [-0.3, -0.25) is 0 Å². The lowest BCUT2D eigenvalue weighted by molar-refractivity contribution is 0.171. The third kappa shape index (κ3) is 3.47. The van der Waals surface area contributed by atoms with Crippen molar-refractivity contribution in [3.63, 3.8) is 0 Å². The average Bonchev–Trinajstić information content (AvgIpc) is 2.53. The summed E-state index contributed by atoms with van der Waals surface area (Å²) in [5, 5.41) is 3.40. The van der Waals surface area contributed by atoms with Crippen molar-refractivity contribution in [1.82, 2.24) is 0 Å². The molecule has 1 heterocycles. The van der Waals surface area contributed by atoms with Gasteiger partial charge in [-0.2, -0.15) is 0 Å². The summed E-state index contributed by atoms with van der Waals surface area (Å²) in [4.78, 5) is 0. The molecule has 0 unspecified atom stereocenters. The predicted octanol–water partition coefficient (Wildman–Crippen LogP) is 3.22. The van der Waals surface area contributed by atoms with Gasteiger partial charge >= 0.3 is 0 Å². The molecule has 1 N–H and O–H groups in total. The van der Waals surface area contributed by atoms with E-state index in [1.807, 2.05) is 18.2 Å². The maximum atomic E-state index is 5.59. The number of nitrogens with one attached hydrogen (secondary N) is 1. The van der Waals surface area contributed by atoms with Crippen LogP contribution >= 0.6 is 0 Å². The van der Waals surface area contributed by atoms with Crippen LogP contribution in [0.2, 0.25) is 0 Å². The first kappa shape index (κ1) is 13.8. The highest BCUT2D eigenvalue weighted by molar-refractivity contribution is 5.55. The Morgan fingerprint density at radius 3 is 2.67 bits per heavy atom. The molecule has 2 aromatic rings. The fourth-order valence-corrected chi connectivity index (χ4v) is 2.35. The Hall–Kier alpha value is -2.20. The van der Waals surface area contributed by atoms with E-state index in [0.29, 0.717) is 19.8 Å². The van der Waals surface area contributed by atoms with Crippen molar-refractivity contribution in [3.05, 3.63) is 53.6 Å². The highest BCUT2D eigenvalue weighted by Gasteiger charge is 2.11. The first-order valence-electron chi connectivity index (χ1n) is 7.05. The van der Waals surface area contributed by atoms with Gasteiger partial charge in [0.15, 0.2) is 11.5 Å². The Labute approximate surface area is 124 Å². The van der Waals surface area contributed by atoms with Crippen LogP contribution in [0.3, 0.4) is 0 Å². The van der Waals surface area contributed by atoms with Crippen LogP contribution in [0.15, 0.2) is 42.5 Å². The van der Waals surface area contributed by atoms with E-state index in [1.54, 1.807) is 7.11 Å². The molecule has 0 amide bonds. The SMILES string of the molecule is COCc1cccc(CNc2ccc3c(c2)OCCO3)c1. The van der Waals surface area contributed by atoms with Crippen LogP contribution in [0, 0.1) is 0 Å². The maximum Gasteiger partial charge on any atom is 0.163 e. The maximum absolute atomic E-state index is 5.59. The highest BCUT2D eigenvalue weighted by Crippen LogP contribution is 2.32. The minimum atomic E-state index is 0.607. The second kappa shape index (κ2) is 6.50. The van der Waals surface area contributed by atoms with Gasteiger partial charge in [0.2, 0.25) is 0 Å². The summed E-state index contributed by atoms with van der Waals surface area (Å²) in [6.45, 7) is 2.62. The first-order valence-corrected chi connectivity index (χ1v) is 7.05. The molecule has 0 atom stereocenters. The molecule has 1 aliphatic rings. The molecule has 2 aromatic carbocycles. The van der Waals surface area contributed by atoms with Crippen molar-refractivity contribution in [2.75, 3.05) is 25.6 Å². The molecule has 4 heteroatoms. The number of hydrogen-bond donors (Lipinski definition) is 1. The molecule has 0 radical (unpaired) electrons. The van der Waals surface area contributed by atoms with Crippen LogP contribution in [-0.2, 0) is 17.9 Å². The van der Waals surface area contributed by atoms with Crippen LogP contribution in [-0.4, -0.2) is 20.3 Å². The van der Waals surface area contributed by atoms with Gasteiger partial charge in [0, 0.05) is 25.4 Å². The quantitative estimate of drug-likeness (QED) is 0.915. The number of anilines is 1. The lowest BCUT2D eigenvalue weighted by Crippen LogP contribution is -2.15. The second-order valence-electron chi connectivity index (χ2n) is 4.96. The normalized spacial score (nSPS) is 13.0. The summed E-state index contributed by atoms with van der Waals surface area (Å²) in [6, 6.07) is 14.3.